The second kappa shape index (κ2) is 9.18. The Bertz CT molecular complexity index is 805. The third kappa shape index (κ3) is 5.09. The predicted octanol–water partition coefficient (Wildman–Crippen LogP) is 5.02. The summed E-state index contributed by atoms with van der Waals surface area (Å²) in [7, 11) is 0. The first-order chi connectivity index (χ1) is 13.0. The lowest BCUT2D eigenvalue weighted by Crippen LogP contribution is -2.49. The average molecular weight is 427 g/mol. The molecular weight excluding hydrogens is 406 g/mol. The van der Waals surface area contributed by atoms with E-state index in [1.807, 2.05) is 23.1 Å². The van der Waals surface area contributed by atoms with Gasteiger partial charge in [0.05, 0.1) is 5.75 Å². The molecule has 1 aliphatic heterocycles. The van der Waals surface area contributed by atoms with Crippen LogP contribution in [0, 0.1) is 12.7 Å². The van der Waals surface area contributed by atoms with Crippen molar-refractivity contribution in [2.45, 2.75) is 12.7 Å². The maximum Gasteiger partial charge on any atom is 0.232 e. The summed E-state index contributed by atoms with van der Waals surface area (Å²) in [5, 5.41) is 1.12. The number of thioether (sulfide) groups is 1. The number of hydrogen-bond acceptors (Lipinski definition) is 3. The molecule has 1 fully saturated rings. The van der Waals surface area contributed by atoms with E-state index in [1.165, 1.54) is 23.4 Å². The Hall–Kier alpha value is -1.43. The normalized spacial score (nSPS) is 14.5. The Labute approximate surface area is 173 Å². The Kier molecular flexibility index (Phi) is 6.90. The molecule has 0 saturated carbocycles. The van der Waals surface area contributed by atoms with Crippen LogP contribution in [-0.2, 0) is 10.5 Å². The highest BCUT2D eigenvalue weighted by Crippen LogP contribution is 2.26. The number of hydrogen-bond donors (Lipinski definition) is 0. The van der Waals surface area contributed by atoms with Gasteiger partial charge in [-0.15, -0.1) is 11.8 Å². The van der Waals surface area contributed by atoms with Crippen LogP contribution in [0.1, 0.15) is 11.1 Å². The molecule has 0 radical (unpaired) electrons. The fourth-order valence-corrected chi connectivity index (χ4v) is 4.55. The van der Waals surface area contributed by atoms with E-state index >= 15 is 0 Å². The van der Waals surface area contributed by atoms with Gasteiger partial charge >= 0.3 is 0 Å². The summed E-state index contributed by atoms with van der Waals surface area (Å²) in [5.74, 6) is 0.461. The molecule has 1 heterocycles. The van der Waals surface area contributed by atoms with Gasteiger partial charge in [-0.2, -0.15) is 0 Å². The summed E-state index contributed by atoms with van der Waals surface area (Å²) < 4.78 is 13.8. The van der Waals surface area contributed by atoms with Gasteiger partial charge in [0.1, 0.15) is 5.82 Å². The third-order valence-corrected chi connectivity index (χ3v) is 6.21. The molecule has 144 valence electrons. The Morgan fingerprint density at radius 2 is 1.89 bits per heavy atom. The summed E-state index contributed by atoms with van der Waals surface area (Å²) in [4.78, 5) is 16.6. The van der Waals surface area contributed by atoms with Gasteiger partial charge in [-0.1, -0.05) is 35.3 Å². The Balaban J connectivity index is 1.49. The third-order valence-electron chi connectivity index (χ3n) is 4.68. The van der Waals surface area contributed by atoms with Crippen LogP contribution in [-0.4, -0.2) is 42.7 Å². The molecule has 27 heavy (non-hydrogen) atoms. The van der Waals surface area contributed by atoms with E-state index in [0.29, 0.717) is 35.2 Å². The summed E-state index contributed by atoms with van der Waals surface area (Å²) in [5.41, 5.74) is 2.76. The van der Waals surface area contributed by atoms with E-state index in [1.54, 1.807) is 12.1 Å². The number of amides is 1. The first-order valence-corrected chi connectivity index (χ1v) is 10.7. The van der Waals surface area contributed by atoms with Crippen molar-refractivity contribution in [1.29, 1.82) is 0 Å². The molecule has 1 amide bonds. The van der Waals surface area contributed by atoms with Gasteiger partial charge in [-0.05, 0) is 36.8 Å². The van der Waals surface area contributed by atoms with Crippen LogP contribution in [0.25, 0.3) is 0 Å². The fourth-order valence-electron chi connectivity index (χ4n) is 3.12. The number of aryl methyl sites for hydroxylation is 1. The van der Waals surface area contributed by atoms with Crippen LogP contribution in [0.15, 0.2) is 36.4 Å². The molecule has 0 unspecified atom stereocenters. The van der Waals surface area contributed by atoms with Crippen molar-refractivity contribution in [3.05, 3.63) is 63.4 Å². The molecule has 0 N–H and O–H groups in total. The van der Waals surface area contributed by atoms with Gasteiger partial charge in [0, 0.05) is 53.2 Å². The van der Waals surface area contributed by atoms with E-state index in [-0.39, 0.29) is 11.7 Å². The molecule has 2 aromatic rings. The van der Waals surface area contributed by atoms with Crippen molar-refractivity contribution >= 4 is 46.6 Å². The number of halogens is 3. The predicted molar refractivity (Wildman–Crippen MR) is 113 cm³/mol. The second-order valence-corrected chi connectivity index (χ2v) is 8.32. The van der Waals surface area contributed by atoms with E-state index in [2.05, 4.69) is 11.8 Å². The minimum Gasteiger partial charge on any atom is -0.368 e. The van der Waals surface area contributed by atoms with Gasteiger partial charge in [-0.25, -0.2) is 4.39 Å². The zero-order valence-electron chi connectivity index (χ0n) is 15.1. The Morgan fingerprint density at radius 1 is 1.15 bits per heavy atom. The number of rotatable bonds is 5. The minimum absolute atomic E-state index is 0.0786. The first kappa shape index (κ1) is 20.3. The molecule has 7 heteroatoms. The van der Waals surface area contributed by atoms with Crippen LogP contribution in [0.2, 0.25) is 10.0 Å². The summed E-state index contributed by atoms with van der Waals surface area (Å²) in [6, 6.07) is 10.5. The fraction of sp³-hybridized carbons (Fsp3) is 0.350. The molecule has 0 spiro atoms. The maximum absolute atomic E-state index is 13.8. The summed E-state index contributed by atoms with van der Waals surface area (Å²) in [6.07, 6.45) is 0. The molecular formula is C20H21Cl2FN2OS. The number of nitrogens with zero attached hydrogens (tertiary/aromatic N) is 2. The average Bonchev–Trinajstić information content (AvgIpc) is 2.66. The van der Waals surface area contributed by atoms with Crippen molar-refractivity contribution in [3.8, 4) is 0 Å². The molecule has 3 nitrogen and oxygen atoms in total. The van der Waals surface area contributed by atoms with E-state index in [4.69, 9.17) is 23.2 Å². The minimum atomic E-state index is -0.326. The molecule has 0 bridgehead atoms. The quantitative estimate of drug-likeness (QED) is 0.669. The smallest absolute Gasteiger partial charge is 0.232 e. The van der Waals surface area contributed by atoms with Gasteiger partial charge in [0.25, 0.3) is 0 Å². The van der Waals surface area contributed by atoms with E-state index in [9.17, 15) is 9.18 Å². The number of piperazine rings is 1. The van der Waals surface area contributed by atoms with Gasteiger partial charge < -0.3 is 9.80 Å². The van der Waals surface area contributed by atoms with Crippen LogP contribution in [0.3, 0.4) is 0 Å². The van der Waals surface area contributed by atoms with Crippen molar-refractivity contribution in [3.63, 3.8) is 0 Å². The summed E-state index contributed by atoms with van der Waals surface area (Å²) >= 11 is 13.5. The van der Waals surface area contributed by atoms with Crippen molar-refractivity contribution in [2.75, 3.05) is 36.8 Å². The second-order valence-electron chi connectivity index (χ2n) is 6.49. The van der Waals surface area contributed by atoms with Gasteiger partial charge in [0.2, 0.25) is 5.91 Å². The number of anilines is 1. The lowest BCUT2D eigenvalue weighted by atomic mass is 10.1. The molecule has 0 atom stereocenters. The molecule has 1 aliphatic rings. The largest absolute Gasteiger partial charge is 0.368 e. The monoisotopic (exact) mass is 426 g/mol. The van der Waals surface area contributed by atoms with Crippen molar-refractivity contribution in [1.82, 2.24) is 4.90 Å². The summed E-state index contributed by atoms with van der Waals surface area (Å²) in [6.45, 7) is 4.96. The lowest BCUT2D eigenvalue weighted by Gasteiger charge is -2.37. The standard InChI is InChI=1S/C20H21Cl2FN2OS/c1-14-5-6-15(21)11-19(14)24-7-9-25(10-8-24)20(26)13-27-12-16-17(22)3-2-4-18(16)23/h2-6,11H,7-10,12-13H2,1H3. The topological polar surface area (TPSA) is 23.6 Å². The molecule has 0 aliphatic carbocycles. The van der Waals surface area contributed by atoms with Crippen LogP contribution in [0.5, 0.6) is 0 Å². The maximum atomic E-state index is 13.8. The zero-order valence-corrected chi connectivity index (χ0v) is 17.4. The first-order valence-electron chi connectivity index (χ1n) is 8.75. The highest BCUT2D eigenvalue weighted by Gasteiger charge is 2.22. The van der Waals surface area contributed by atoms with E-state index < -0.39 is 0 Å². The van der Waals surface area contributed by atoms with Gasteiger partial charge in [0.15, 0.2) is 0 Å². The van der Waals surface area contributed by atoms with Crippen LogP contribution >= 0.6 is 35.0 Å². The van der Waals surface area contributed by atoms with Gasteiger partial charge in [-0.3, -0.25) is 4.79 Å². The SMILES string of the molecule is Cc1ccc(Cl)cc1N1CCN(C(=O)CSCc2c(F)cccc2Cl)CC1. The molecule has 1 saturated heterocycles. The lowest BCUT2D eigenvalue weighted by molar-refractivity contribution is -0.128. The van der Waals surface area contributed by atoms with Crippen LogP contribution < -0.4 is 4.90 Å². The molecule has 2 aromatic carbocycles. The highest BCUT2D eigenvalue weighted by atomic mass is 35.5. The molecule has 0 aromatic heterocycles. The van der Waals surface area contributed by atoms with Crippen LogP contribution in [0.4, 0.5) is 10.1 Å². The number of carbonyl (C=O) groups excluding carboxylic acids is 1. The van der Waals surface area contributed by atoms with Crippen molar-refractivity contribution < 1.29 is 9.18 Å². The van der Waals surface area contributed by atoms with E-state index in [0.717, 1.165) is 23.8 Å². The molecule has 3 rings (SSSR count). The number of benzene rings is 2. The Morgan fingerprint density at radius 3 is 2.59 bits per heavy atom. The van der Waals surface area contributed by atoms with Crippen molar-refractivity contribution in [2.24, 2.45) is 0 Å². The highest BCUT2D eigenvalue weighted by molar-refractivity contribution is 7.99. The zero-order chi connectivity index (χ0) is 19.4. The number of carbonyl (C=O) groups is 1.